The molecule has 1 fully saturated rings. The summed E-state index contributed by atoms with van der Waals surface area (Å²) in [6.07, 6.45) is 4.75. The molecule has 212 valence electrons. The molecule has 3 aromatic rings. The van der Waals surface area contributed by atoms with Crippen molar-refractivity contribution < 1.29 is 14.6 Å². The summed E-state index contributed by atoms with van der Waals surface area (Å²) < 4.78 is 8.47. The highest BCUT2D eigenvalue weighted by Gasteiger charge is 2.20. The molecule has 0 spiro atoms. The van der Waals surface area contributed by atoms with Gasteiger partial charge in [-0.25, -0.2) is 0 Å². The summed E-state index contributed by atoms with van der Waals surface area (Å²) >= 11 is 12.2. The van der Waals surface area contributed by atoms with Crippen LogP contribution in [0.5, 0.6) is 5.75 Å². The number of carbonyl (C=O) groups is 1. The van der Waals surface area contributed by atoms with Crippen LogP contribution in [0.15, 0.2) is 42.6 Å². The number of nitrogens with one attached hydrogen (secondary N) is 1. The van der Waals surface area contributed by atoms with Crippen molar-refractivity contribution in [3.8, 4) is 5.75 Å². The third-order valence-corrected chi connectivity index (χ3v) is 8.16. The van der Waals surface area contributed by atoms with Crippen molar-refractivity contribution in [2.24, 2.45) is 0 Å². The highest BCUT2D eigenvalue weighted by Crippen LogP contribution is 2.31. The van der Waals surface area contributed by atoms with Crippen molar-refractivity contribution in [1.82, 2.24) is 19.7 Å². The molecule has 1 amide bonds. The first-order valence-corrected chi connectivity index (χ1v) is 14.7. The number of nitrogens with zero attached hydrogens (tertiary/aromatic N) is 3. The Bertz CT molecular complexity index is 1240. The first kappa shape index (κ1) is 29.7. The molecular formula is C30H40Cl2N4O3. The van der Waals surface area contributed by atoms with Crippen LogP contribution in [0.3, 0.4) is 0 Å². The Morgan fingerprint density at radius 3 is 2.41 bits per heavy atom. The van der Waals surface area contributed by atoms with Crippen LogP contribution in [0.1, 0.15) is 49.0 Å². The van der Waals surface area contributed by atoms with E-state index in [0.29, 0.717) is 22.2 Å². The van der Waals surface area contributed by atoms with E-state index in [1.165, 1.54) is 0 Å². The topological polar surface area (TPSA) is 70.0 Å². The maximum absolute atomic E-state index is 13.4. The Kier molecular flexibility index (Phi) is 10.9. The second-order valence-corrected chi connectivity index (χ2v) is 11.1. The minimum atomic E-state index is -0.135. The highest BCUT2D eigenvalue weighted by molar-refractivity contribution is 6.42. The number of para-hydroxylation sites is 1. The van der Waals surface area contributed by atoms with Crippen LogP contribution in [0, 0.1) is 0 Å². The SMILES string of the molecule is CCC(C)Oc1cccc2c(C(=O)NCc3ccc(Cl)c(Cl)c3)cn(CCCN3CCN(CCCO)CC3)c12. The molecule has 2 N–H and O–H groups in total. The van der Waals surface area contributed by atoms with Gasteiger partial charge in [0.25, 0.3) is 5.91 Å². The lowest BCUT2D eigenvalue weighted by Crippen LogP contribution is -2.46. The summed E-state index contributed by atoms with van der Waals surface area (Å²) in [5, 5.41) is 14.0. The lowest BCUT2D eigenvalue weighted by Gasteiger charge is -2.34. The summed E-state index contributed by atoms with van der Waals surface area (Å²) in [4.78, 5) is 18.3. The molecule has 2 heterocycles. The number of amides is 1. The van der Waals surface area contributed by atoms with E-state index in [9.17, 15) is 4.79 Å². The van der Waals surface area contributed by atoms with Crippen LogP contribution < -0.4 is 10.1 Å². The Balaban J connectivity index is 1.47. The van der Waals surface area contributed by atoms with Crippen LogP contribution in [-0.2, 0) is 13.1 Å². The first-order chi connectivity index (χ1) is 18.9. The minimum Gasteiger partial charge on any atom is -0.489 e. The van der Waals surface area contributed by atoms with Crippen molar-refractivity contribution >= 4 is 40.0 Å². The average Bonchev–Trinajstić information content (AvgIpc) is 3.32. The summed E-state index contributed by atoms with van der Waals surface area (Å²) in [6.45, 7) is 11.7. The monoisotopic (exact) mass is 574 g/mol. The quantitative estimate of drug-likeness (QED) is 0.284. The maximum atomic E-state index is 13.4. The fourth-order valence-corrected chi connectivity index (χ4v) is 5.32. The van der Waals surface area contributed by atoms with Crippen LogP contribution in [0.2, 0.25) is 10.0 Å². The predicted octanol–water partition coefficient (Wildman–Crippen LogP) is 5.45. The zero-order chi connectivity index (χ0) is 27.8. The number of aromatic nitrogens is 1. The summed E-state index contributed by atoms with van der Waals surface area (Å²) in [7, 11) is 0. The number of carbonyl (C=O) groups excluding carboxylic acids is 1. The Morgan fingerprint density at radius 1 is 1.03 bits per heavy atom. The lowest BCUT2D eigenvalue weighted by molar-refractivity contribution is 0.0952. The molecule has 0 saturated carbocycles. The number of piperazine rings is 1. The number of aliphatic hydroxyl groups is 1. The van der Waals surface area contributed by atoms with Crippen molar-refractivity contribution in [1.29, 1.82) is 0 Å². The molecule has 9 heteroatoms. The Labute approximate surface area is 241 Å². The molecule has 2 aromatic carbocycles. The Hall–Kier alpha value is -2.29. The molecular weight excluding hydrogens is 535 g/mol. The number of rotatable bonds is 13. The predicted molar refractivity (Wildman–Crippen MR) is 159 cm³/mol. The van der Waals surface area contributed by atoms with E-state index in [1.54, 1.807) is 12.1 Å². The van der Waals surface area contributed by atoms with Gasteiger partial charge < -0.3 is 29.5 Å². The van der Waals surface area contributed by atoms with Crippen molar-refractivity contribution in [2.45, 2.75) is 52.3 Å². The number of aryl methyl sites for hydroxylation is 1. The molecule has 1 saturated heterocycles. The largest absolute Gasteiger partial charge is 0.489 e. The standard InChI is InChI=1S/C30H40Cl2N4O3/c1-3-22(2)39-28-8-4-7-24-25(30(38)33-20-23-9-10-26(31)27(32)19-23)21-36(29(24)28)13-5-11-34-14-16-35(17-15-34)12-6-18-37/h4,7-10,19,21-22,37H,3,5-6,11-18,20H2,1-2H3,(H,33,38). The van der Waals surface area contributed by atoms with Gasteiger partial charge in [0.15, 0.2) is 0 Å². The van der Waals surface area contributed by atoms with Gasteiger partial charge >= 0.3 is 0 Å². The van der Waals surface area contributed by atoms with Gasteiger partial charge in [-0.2, -0.15) is 0 Å². The van der Waals surface area contributed by atoms with E-state index in [-0.39, 0.29) is 18.6 Å². The van der Waals surface area contributed by atoms with E-state index < -0.39 is 0 Å². The van der Waals surface area contributed by atoms with Gasteiger partial charge in [0, 0.05) is 64.0 Å². The number of ether oxygens (including phenoxy) is 1. The van der Waals surface area contributed by atoms with Gasteiger partial charge in [-0.3, -0.25) is 4.79 Å². The highest BCUT2D eigenvalue weighted by atomic mass is 35.5. The maximum Gasteiger partial charge on any atom is 0.253 e. The fraction of sp³-hybridized carbons (Fsp3) is 0.500. The van der Waals surface area contributed by atoms with Gasteiger partial charge in [-0.05, 0) is 56.5 Å². The van der Waals surface area contributed by atoms with E-state index in [0.717, 1.165) is 87.3 Å². The zero-order valence-corrected chi connectivity index (χ0v) is 24.5. The van der Waals surface area contributed by atoms with Crippen molar-refractivity contribution in [3.05, 3.63) is 63.8 Å². The molecule has 7 nitrogen and oxygen atoms in total. The molecule has 0 bridgehead atoms. The Morgan fingerprint density at radius 2 is 1.74 bits per heavy atom. The van der Waals surface area contributed by atoms with E-state index in [4.69, 9.17) is 33.0 Å². The normalized spacial score (nSPS) is 15.5. The average molecular weight is 576 g/mol. The van der Waals surface area contributed by atoms with Crippen LogP contribution in [0.25, 0.3) is 10.9 Å². The van der Waals surface area contributed by atoms with E-state index >= 15 is 0 Å². The molecule has 1 aliphatic heterocycles. The van der Waals surface area contributed by atoms with Gasteiger partial charge in [0.2, 0.25) is 0 Å². The van der Waals surface area contributed by atoms with Gasteiger partial charge in [0.05, 0.1) is 27.2 Å². The van der Waals surface area contributed by atoms with Crippen LogP contribution in [0.4, 0.5) is 0 Å². The number of hydrogen-bond acceptors (Lipinski definition) is 5. The van der Waals surface area contributed by atoms with Crippen LogP contribution >= 0.6 is 23.2 Å². The number of halogens is 2. The van der Waals surface area contributed by atoms with Crippen LogP contribution in [-0.4, -0.2) is 77.4 Å². The summed E-state index contributed by atoms with van der Waals surface area (Å²) in [5.74, 6) is 0.674. The second-order valence-electron chi connectivity index (χ2n) is 10.3. The zero-order valence-electron chi connectivity index (χ0n) is 23.0. The minimum absolute atomic E-state index is 0.0769. The number of aliphatic hydroxyl groups excluding tert-OH is 1. The lowest BCUT2D eigenvalue weighted by atomic mass is 10.1. The smallest absolute Gasteiger partial charge is 0.253 e. The van der Waals surface area contributed by atoms with Gasteiger partial charge in [-0.1, -0.05) is 48.3 Å². The molecule has 4 rings (SSSR count). The molecule has 1 aliphatic rings. The van der Waals surface area contributed by atoms with E-state index in [2.05, 4.69) is 33.5 Å². The number of fused-ring (bicyclic) bond motifs is 1. The summed E-state index contributed by atoms with van der Waals surface area (Å²) in [6, 6.07) is 11.3. The third kappa shape index (κ3) is 7.89. The fourth-order valence-electron chi connectivity index (χ4n) is 5.00. The van der Waals surface area contributed by atoms with Crippen molar-refractivity contribution in [2.75, 3.05) is 45.9 Å². The summed E-state index contributed by atoms with van der Waals surface area (Å²) in [5.41, 5.74) is 2.49. The van der Waals surface area contributed by atoms with E-state index in [1.807, 2.05) is 30.5 Å². The number of benzene rings is 2. The van der Waals surface area contributed by atoms with Gasteiger partial charge in [0.1, 0.15) is 5.75 Å². The molecule has 0 radical (unpaired) electrons. The first-order valence-electron chi connectivity index (χ1n) is 14.0. The van der Waals surface area contributed by atoms with Gasteiger partial charge in [-0.15, -0.1) is 0 Å². The second kappa shape index (κ2) is 14.4. The molecule has 39 heavy (non-hydrogen) atoms. The number of hydrogen-bond donors (Lipinski definition) is 2. The van der Waals surface area contributed by atoms with Crippen molar-refractivity contribution in [3.63, 3.8) is 0 Å². The molecule has 1 unspecified atom stereocenters. The molecule has 1 atom stereocenters. The molecule has 1 aromatic heterocycles. The third-order valence-electron chi connectivity index (χ3n) is 7.42. The molecule has 0 aliphatic carbocycles.